The van der Waals surface area contributed by atoms with Gasteiger partial charge in [-0.2, -0.15) is 0 Å². The number of hydrogen-bond acceptors (Lipinski definition) is 3. The van der Waals surface area contributed by atoms with Crippen molar-refractivity contribution in [1.82, 2.24) is 0 Å². The molecule has 0 fully saturated rings. The van der Waals surface area contributed by atoms with Crippen LogP contribution >= 0.6 is 15.9 Å². The highest BCUT2D eigenvalue weighted by Crippen LogP contribution is 2.25. The summed E-state index contributed by atoms with van der Waals surface area (Å²) in [6.07, 6.45) is 0.0376. The number of ether oxygens (including phenoxy) is 1. The van der Waals surface area contributed by atoms with Crippen LogP contribution in [-0.2, 0) is 9.53 Å². The summed E-state index contributed by atoms with van der Waals surface area (Å²) in [4.78, 5) is 11.2. The average molecular weight is 290 g/mol. The van der Waals surface area contributed by atoms with Crippen molar-refractivity contribution < 1.29 is 13.9 Å². The summed E-state index contributed by atoms with van der Waals surface area (Å²) in [5.41, 5.74) is 6.36. The molecule has 0 spiro atoms. The quantitative estimate of drug-likeness (QED) is 0.867. The Hall–Kier alpha value is -0.940. The fourth-order valence-electron chi connectivity index (χ4n) is 1.31. The lowest BCUT2D eigenvalue weighted by Crippen LogP contribution is -2.17. The average Bonchev–Trinajstić information content (AvgIpc) is 2.21. The zero-order valence-electron chi connectivity index (χ0n) is 8.87. The Morgan fingerprint density at radius 2 is 2.31 bits per heavy atom. The topological polar surface area (TPSA) is 52.3 Å². The monoisotopic (exact) mass is 289 g/mol. The summed E-state index contributed by atoms with van der Waals surface area (Å²) in [6.45, 7) is 2.04. The molecule has 0 aromatic heterocycles. The molecule has 1 rings (SSSR count). The minimum Gasteiger partial charge on any atom is -0.466 e. The molecule has 0 bridgehead atoms. The van der Waals surface area contributed by atoms with Crippen molar-refractivity contribution in [2.75, 3.05) is 6.61 Å². The van der Waals surface area contributed by atoms with Gasteiger partial charge in [-0.3, -0.25) is 4.79 Å². The zero-order chi connectivity index (χ0) is 12.1. The van der Waals surface area contributed by atoms with E-state index >= 15 is 0 Å². The highest BCUT2D eigenvalue weighted by atomic mass is 79.9. The predicted molar refractivity (Wildman–Crippen MR) is 62.3 cm³/mol. The second-order valence-corrected chi connectivity index (χ2v) is 4.14. The van der Waals surface area contributed by atoms with Crippen LogP contribution in [-0.4, -0.2) is 12.6 Å². The molecule has 1 aromatic carbocycles. The first-order valence-corrected chi connectivity index (χ1v) is 5.70. The number of carbonyl (C=O) groups is 1. The number of nitrogens with two attached hydrogens (primary N) is 1. The molecule has 0 radical (unpaired) electrons. The Balaban J connectivity index is 2.76. The van der Waals surface area contributed by atoms with Crippen LogP contribution < -0.4 is 5.73 Å². The fourth-order valence-corrected chi connectivity index (χ4v) is 1.85. The molecule has 88 valence electrons. The molecule has 0 aliphatic heterocycles. The van der Waals surface area contributed by atoms with E-state index < -0.39 is 6.04 Å². The van der Waals surface area contributed by atoms with Gasteiger partial charge in [0.2, 0.25) is 0 Å². The van der Waals surface area contributed by atoms with Gasteiger partial charge >= 0.3 is 5.97 Å². The van der Waals surface area contributed by atoms with Crippen LogP contribution in [0.4, 0.5) is 4.39 Å². The molecule has 0 aliphatic carbocycles. The number of halogens is 2. The highest BCUT2D eigenvalue weighted by molar-refractivity contribution is 9.10. The Morgan fingerprint density at radius 3 is 2.94 bits per heavy atom. The van der Waals surface area contributed by atoms with Crippen LogP contribution in [0.25, 0.3) is 0 Å². The molecule has 1 aromatic rings. The van der Waals surface area contributed by atoms with Gasteiger partial charge in [-0.05, 0) is 30.7 Å². The highest BCUT2D eigenvalue weighted by Gasteiger charge is 2.15. The molecule has 0 aliphatic rings. The summed E-state index contributed by atoms with van der Waals surface area (Å²) >= 11 is 3.26. The van der Waals surface area contributed by atoms with Crippen molar-refractivity contribution in [3.63, 3.8) is 0 Å². The van der Waals surface area contributed by atoms with Gasteiger partial charge in [0.05, 0.1) is 13.0 Å². The van der Waals surface area contributed by atoms with Gasteiger partial charge in [-0.15, -0.1) is 0 Å². The van der Waals surface area contributed by atoms with Crippen molar-refractivity contribution >= 4 is 21.9 Å². The Labute approximate surface area is 102 Å². The molecule has 1 atom stereocenters. The van der Waals surface area contributed by atoms with E-state index in [9.17, 15) is 9.18 Å². The summed E-state index contributed by atoms with van der Waals surface area (Å²) in [5.74, 6) is -0.760. The molecule has 2 N–H and O–H groups in total. The predicted octanol–water partition coefficient (Wildman–Crippen LogP) is 2.54. The smallest absolute Gasteiger partial charge is 0.307 e. The first-order chi connectivity index (χ1) is 7.54. The normalized spacial score (nSPS) is 12.2. The molecule has 0 saturated carbocycles. The summed E-state index contributed by atoms with van der Waals surface area (Å²) < 4.78 is 18.5. The van der Waals surface area contributed by atoms with Gasteiger partial charge < -0.3 is 10.5 Å². The second-order valence-electron chi connectivity index (χ2n) is 3.28. The van der Waals surface area contributed by atoms with Gasteiger partial charge in [-0.1, -0.05) is 15.9 Å². The molecule has 0 amide bonds. The van der Waals surface area contributed by atoms with Crippen LogP contribution in [0.2, 0.25) is 0 Å². The maximum atomic E-state index is 13.0. The van der Waals surface area contributed by atoms with Crippen molar-refractivity contribution in [2.24, 2.45) is 5.73 Å². The lowest BCUT2D eigenvalue weighted by molar-refractivity contribution is -0.143. The third-order valence-corrected chi connectivity index (χ3v) is 2.77. The molecule has 16 heavy (non-hydrogen) atoms. The van der Waals surface area contributed by atoms with E-state index in [4.69, 9.17) is 10.5 Å². The van der Waals surface area contributed by atoms with E-state index in [0.717, 1.165) is 0 Å². The lowest BCUT2D eigenvalue weighted by atomic mass is 10.0. The van der Waals surface area contributed by atoms with Gasteiger partial charge in [0, 0.05) is 10.5 Å². The minimum atomic E-state index is -0.566. The maximum absolute atomic E-state index is 13.0. The van der Waals surface area contributed by atoms with E-state index in [-0.39, 0.29) is 18.2 Å². The summed E-state index contributed by atoms with van der Waals surface area (Å²) in [7, 11) is 0. The summed E-state index contributed by atoms with van der Waals surface area (Å²) in [6, 6.07) is 3.64. The zero-order valence-corrected chi connectivity index (χ0v) is 10.5. The number of hydrogen-bond donors (Lipinski definition) is 1. The first-order valence-electron chi connectivity index (χ1n) is 4.90. The standard InChI is InChI=1S/C11H13BrFNO2/c1-2-16-11(15)6-10(14)8-5-7(13)3-4-9(8)12/h3-5,10H,2,6,14H2,1H3/t10-/m1/s1. The van der Waals surface area contributed by atoms with E-state index in [1.54, 1.807) is 13.0 Å². The van der Waals surface area contributed by atoms with Crippen molar-refractivity contribution in [2.45, 2.75) is 19.4 Å². The van der Waals surface area contributed by atoms with Crippen LogP contribution in [0.3, 0.4) is 0 Å². The minimum absolute atomic E-state index is 0.0376. The fraction of sp³-hybridized carbons (Fsp3) is 0.364. The van der Waals surface area contributed by atoms with Crippen LogP contribution in [0.1, 0.15) is 24.9 Å². The van der Waals surface area contributed by atoms with Crippen LogP contribution in [0.5, 0.6) is 0 Å². The first kappa shape index (κ1) is 13.1. The van der Waals surface area contributed by atoms with E-state index in [0.29, 0.717) is 16.6 Å². The van der Waals surface area contributed by atoms with Gasteiger partial charge in [0.1, 0.15) is 5.82 Å². The van der Waals surface area contributed by atoms with E-state index in [1.165, 1.54) is 12.1 Å². The Morgan fingerprint density at radius 1 is 1.62 bits per heavy atom. The van der Waals surface area contributed by atoms with Gasteiger partial charge in [-0.25, -0.2) is 4.39 Å². The SMILES string of the molecule is CCOC(=O)C[C@@H](N)c1cc(F)ccc1Br. The number of carbonyl (C=O) groups excluding carboxylic acids is 1. The van der Waals surface area contributed by atoms with Crippen molar-refractivity contribution in [3.05, 3.63) is 34.1 Å². The van der Waals surface area contributed by atoms with Crippen molar-refractivity contribution in [3.8, 4) is 0 Å². The number of rotatable bonds is 4. The number of esters is 1. The third-order valence-electron chi connectivity index (χ3n) is 2.05. The van der Waals surface area contributed by atoms with Gasteiger partial charge in [0.25, 0.3) is 0 Å². The van der Waals surface area contributed by atoms with Crippen LogP contribution in [0, 0.1) is 5.82 Å². The molecule has 0 heterocycles. The van der Waals surface area contributed by atoms with Crippen LogP contribution in [0.15, 0.2) is 22.7 Å². The molecular formula is C11H13BrFNO2. The second kappa shape index (κ2) is 5.96. The summed E-state index contributed by atoms with van der Waals surface area (Å²) in [5, 5.41) is 0. The van der Waals surface area contributed by atoms with E-state index in [1.807, 2.05) is 0 Å². The molecule has 0 unspecified atom stereocenters. The maximum Gasteiger partial charge on any atom is 0.307 e. The van der Waals surface area contributed by atoms with E-state index in [2.05, 4.69) is 15.9 Å². The largest absolute Gasteiger partial charge is 0.466 e. The third kappa shape index (κ3) is 3.57. The molecule has 5 heteroatoms. The molecular weight excluding hydrogens is 277 g/mol. The number of benzene rings is 1. The Bertz CT molecular complexity index is 384. The molecule has 3 nitrogen and oxygen atoms in total. The lowest BCUT2D eigenvalue weighted by Gasteiger charge is -2.13. The Kier molecular flexibility index (Phi) is 4.89. The van der Waals surface area contributed by atoms with Gasteiger partial charge in [0.15, 0.2) is 0 Å². The molecule has 0 saturated heterocycles. The van der Waals surface area contributed by atoms with Crippen molar-refractivity contribution in [1.29, 1.82) is 0 Å².